The summed E-state index contributed by atoms with van der Waals surface area (Å²) >= 11 is 0. The van der Waals surface area contributed by atoms with E-state index in [2.05, 4.69) is 5.32 Å². The fourth-order valence-corrected chi connectivity index (χ4v) is 5.33. The molecular formula is C24H35N5O3. The molecule has 32 heavy (non-hydrogen) atoms. The van der Waals surface area contributed by atoms with E-state index in [1.165, 1.54) is 39.0 Å². The lowest BCUT2D eigenvalue weighted by molar-refractivity contribution is -0.133. The number of hydrogen-bond donors (Lipinski definition) is 1. The molecule has 1 aliphatic carbocycles. The second kappa shape index (κ2) is 9.96. The molecule has 8 heteroatoms. The number of carbonyl (C=O) groups is 3. The Morgan fingerprint density at radius 3 is 2.59 bits per heavy atom. The van der Waals surface area contributed by atoms with Gasteiger partial charge in [0.2, 0.25) is 17.7 Å². The quantitative estimate of drug-likeness (QED) is 0.757. The highest BCUT2D eigenvalue weighted by Crippen LogP contribution is 2.34. The van der Waals surface area contributed by atoms with Gasteiger partial charge in [0.15, 0.2) is 0 Å². The minimum Gasteiger partial charge on any atom is -0.347 e. The van der Waals surface area contributed by atoms with Gasteiger partial charge in [-0.15, -0.1) is 0 Å². The molecule has 1 N–H and O–H groups in total. The van der Waals surface area contributed by atoms with Crippen LogP contribution < -0.4 is 10.2 Å². The van der Waals surface area contributed by atoms with Gasteiger partial charge in [-0.25, -0.2) is 9.97 Å². The monoisotopic (exact) mass is 441 g/mol. The highest BCUT2D eigenvalue weighted by atomic mass is 16.2. The summed E-state index contributed by atoms with van der Waals surface area (Å²) in [7, 11) is 0. The first kappa shape index (κ1) is 22.7. The molecule has 8 nitrogen and oxygen atoms in total. The van der Waals surface area contributed by atoms with Crippen LogP contribution in [0.3, 0.4) is 0 Å². The molecule has 1 aromatic heterocycles. The Morgan fingerprint density at radius 2 is 1.84 bits per heavy atom. The van der Waals surface area contributed by atoms with Crippen LogP contribution >= 0.6 is 0 Å². The molecule has 0 aromatic carbocycles. The van der Waals surface area contributed by atoms with Crippen LogP contribution in [-0.4, -0.2) is 58.8 Å². The molecule has 1 saturated carbocycles. The Hall–Kier alpha value is -2.51. The first-order chi connectivity index (χ1) is 15.4. The van der Waals surface area contributed by atoms with Crippen molar-refractivity contribution in [2.75, 3.05) is 31.1 Å². The van der Waals surface area contributed by atoms with Crippen LogP contribution in [0.5, 0.6) is 0 Å². The molecule has 4 rings (SSSR count). The number of rotatable bonds is 5. The average Bonchev–Trinajstić information content (AvgIpc) is 2.80. The second-order valence-electron chi connectivity index (χ2n) is 9.57. The molecule has 2 aliphatic heterocycles. The number of likely N-dealkylation sites (tertiary alicyclic amines) is 1. The molecular weight excluding hydrogens is 406 g/mol. The lowest BCUT2D eigenvalue weighted by atomic mass is 9.88. The van der Waals surface area contributed by atoms with Crippen LogP contribution in [0.1, 0.15) is 81.3 Å². The minimum absolute atomic E-state index is 0.0236. The predicted molar refractivity (Wildman–Crippen MR) is 121 cm³/mol. The predicted octanol–water partition coefficient (Wildman–Crippen LogP) is 2.49. The first-order valence-corrected chi connectivity index (χ1v) is 12.1. The number of aryl methyl sites for hydroxylation is 1. The molecule has 1 saturated heterocycles. The zero-order valence-electron chi connectivity index (χ0n) is 19.4. The third-order valence-corrected chi connectivity index (χ3v) is 7.15. The van der Waals surface area contributed by atoms with Crippen LogP contribution in [0.2, 0.25) is 0 Å². The summed E-state index contributed by atoms with van der Waals surface area (Å²) in [6.45, 7) is 5.44. The molecule has 0 bridgehead atoms. The molecule has 1 unspecified atom stereocenters. The van der Waals surface area contributed by atoms with Crippen molar-refractivity contribution in [3.63, 3.8) is 0 Å². The Balaban J connectivity index is 1.54. The van der Waals surface area contributed by atoms with Crippen molar-refractivity contribution in [3.05, 3.63) is 17.1 Å². The van der Waals surface area contributed by atoms with E-state index in [4.69, 9.17) is 9.97 Å². The normalized spacial score (nSPS) is 21.9. The van der Waals surface area contributed by atoms with E-state index >= 15 is 0 Å². The topological polar surface area (TPSA) is 95.5 Å². The van der Waals surface area contributed by atoms with E-state index in [0.717, 1.165) is 42.3 Å². The van der Waals surface area contributed by atoms with Gasteiger partial charge in [-0.2, -0.15) is 0 Å². The minimum atomic E-state index is -0.205. The average molecular weight is 442 g/mol. The van der Waals surface area contributed by atoms with E-state index < -0.39 is 0 Å². The van der Waals surface area contributed by atoms with Crippen molar-refractivity contribution in [2.45, 2.75) is 77.6 Å². The Kier molecular flexibility index (Phi) is 7.06. The fourth-order valence-electron chi connectivity index (χ4n) is 5.33. The SMILES string of the molecule is CC(=O)NCC(=O)N1CCCC(c2nc(C)c3c(n2)N(CC2CCCCC2)C(=O)CC3)C1. The van der Waals surface area contributed by atoms with Crippen LogP contribution in [-0.2, 0) is 20.8 Å². The van der Waals surface area contributed by atoms with Crippen molar-refractivity contribution >= 4 is 23.5 Å². The number of nitrogens with one attached hydrogen (secondary N) is 1. The molecule has 174 valence electrons. The van der Waals surface area contributed by atoms with E-state index in [1.807, 2.05) is 11.8 Å². The summed E-state index contributed by atoms with van der Waals surface area (Å²) in [6, 6.07) is 0. The van der Waals surface area contributed by atoms with Gasteiger partial charge in [-0.1, -0.05) is 19.3 Å². The third-order valence-electron chi connectivity index (χ3n) is 7.15. The number of anilines is 1. The Morgan fingerprint density at radius 1 is 1.06 bits per heavy atom. The van der Waals surface area contributed by atoms with Gasteiger partial charge >= 0.3 is 0 Å². The van der Waals surface area contributed by atoms with Crippen LogP contribution in [0.4, 0.5) is 5.82 Å². The molecule has 1 aromatic rings. The van der Waals surface area contributed by atoms with Crippen LogP contribution in [0.25, 0.3) is 0 Å². The number of fused-ring (bicyclic) bond motifs is 1. The number of amides is 3. The summed E-state index contributed by atoms with van der Waals surface area (Å²) in [5, 5.41) is 2.59. The van der Waals surface area contributed by atoms with Gasteiger partial charge in [0.25, 0.3) is 0 Å². The second-order valence-corrected chi connectivity index (χ2v) is 9.57. The summed E-state index contributed by atoms with van der Waals surface area (Å²) in [5.41, 5.74) is 2.05. The fraction of sp³-hybridized carbons (Fsp3) is 0.708. The van der Waals surface area contributed by atoms with Crippen molar-refractivity contribution in [1.82, 2.24) is 20.2 Å². The maximum Gasteiger partial charge on any atom is 0.241 e. The maximum absolute atomic E-state index is 12.9. The lowest BCUT2D eigenvalue weighted by Crippen LogP contribution is -2.44. The van der Waals surface area contributed by atoms with Crippen molar-refractivity contribution in [1.29, 1.82) is 0 Å². The molecule has 3 heterocycles. The first-order valence-electron chi connectivity index (χ1n) is 12.1. The van der Waals surface area contributed by atoms with Crippen molar-refractivity contribution in [3.8, 4) is 0 Å². The van der Waals surface area contributed by atoms with Gasteiger partial charge in [0, 0.05) is 50.2 Å². The molecule has 3 aliphatic rings. The molecule has 1 atom stereocenters. The molecule has 0 spiro atoms. The molecule has 0 radical (unpaired) electrons. The number of nitrogens with zero attached hydrogens (tertiary/aromatic N) is 4. The Bertz CT molecular complexity index is 881. The van der Waals surface area contributed by atoms with Gasteiger partial charge in [0.1, 0.15) is 11.6 Å². The van der Waals surface area contributed by atoms with E-state index in [9.17, 15) is 14.4 Å². The number of hydrogen-bond acceptors (Lipinski definition) is 5. The molecule has 3 amide bonds. The Labute approximate surface area is 190 Å². The van der Waals surface area contributed by atoms with E-state index in [0.29, 0.717) is 31.8 Å². The number of carbonyl (C=O) groups excluding carboxylic acids is 3. The zero-order valence-corrected chi connectivity index (χ0v) is 19.4. The van der Waals surface area contributed by atoms with Gasteiger partial charge in [-0.05, 0) is 44.9 Å². The van der Waals surface area contributed by atoms with E-state index in [1.54, 1.807) is 4.90 Å². The maximum atomic E-state index is 12.9. The summed E-state index contributed by atoms with van der Waals surface area (Å²) in [6.07, 6.45) is 9.18. The zero-order chi connectivity index (χ0) is 22.7. The van der Waals surface area contributed by atoms with E-state index in [-0.39, 0.29) is 30.2 Å². The van der Waals surface area contributed by atoms with Crippen molar-refractivity contribution in [2.24, 2.45) is 5.92 Å². The standard InChI is InChI=1S/C24H35N5O3/c1-16-20-10-11-21(31)29(14-18-7-4-3-5-8-18)24(20)27-23(26-16)19-9-6-12-28(15-19)22(32)13-25-17(2)30/h18-19H,3-15H2,1-2H3,(H,25,30). The van der Waals surface area contributed by atoms with Gasteiger partial charge < -0.3 is 10.2 Å². The smallest absolute Gasteiger partial charge is 0.241 e. The summed E-state index contributed by atoms with van der Waals surface area (Å²) in [4.78, 5) is 50.0. The lowest BCUT2D eigenvalue weighted by Gasteiger charge is -2.35. The van der Waals surface area contributed by atoms with Gasteiger partial charge in [0.05, 0.1) is 6.54 Å². The van der Waals surface area contributed by atoms with Crippen molar-refractivity contribution < 1.29 is 14.4 Å². The highest BCUT2D eigenvalue weighted by Gasteiger charge is 2.33. The molecule has 2 fully saturated rings. The van der Waals surface area contributed by atoms with Gasteiger partial charge in [-0.3, -0.25) is 19.3 Å². The van der Waals surface area contributed by atoms with Crippen LogP contribution in [0.15, 0.2) is 0 Å². The number of aromatic nitrogens is 2. The summed E-state index contributed by atoms with van der Waals surface area (Å²) < 4.78 is 0. The third kappa shape index (κ3) is 5.10. The highest BCUT2D eigenvalue weighted by molar-refractivity contribution is 5.95. The number of piperidine rings is 1. The van der Waals surface area contributed by atoms with Crippen LogP contribution in [0, 0.1) is 12.8 Å². The summed E-state index contributed by atoms with van der Waals surface area (Å²) in [5.74, 6) is 2.02. The largest absolute Gasteiger partial charge is 0.347 e.